The van der Waals surface area contributed by atoms with Gasteiger partial charge in [-0.15, -0.1) is 11.3 Å². The van der Waals surface area contributed by atoms with E-state index in [0.717, 1.165) is 16.1 Å². The van der Waals surface area contributed by atoms with Crippen molar-refractivity contribution in [2.45, 2.75) is 6.54 Å². The number of thiophene rings is 1. The number of aromatic nitrogens is 4. The molecule has 0 atom stereocenters. The third kappa shape index (κ3) is 3.70. The molecule has 0 aliphatic rings. The van der Waals surface area contributed by atoms with E-state index < -0.39 is 0 Å². The summed E-state index contributed by atoms with van der Waals surface area (Å²) in [6, 6.07) is 11.1. The van der Waals surface area contributed by atoms with Crippen LogP contribution in [0.3, 0.4) is 0 Å². The summed E-state index contributed by atoms with van der Waals surface area (Å²) in [7, 11) is 3.35. The lowest BCUT2D eigenvalue weighted by atomic mass is 10.3. The zero-order valence-electron chi connectivity index (χ0n) is 16.5. The smallest absolute Gasteiger partial charge is 0.268 e. The largest absolute Gasteiger partial charge is 0.494 e. The maximum atomic E-state index is 12.9. The molecule has 0 fully saturated rings. The molecule has 10 heteroatoms. The highest BCUT2D eigenvalue weighted by Gasteiger charge is 2.18. The van der Waals surface area contributed by atoms with E-state index in [4.69, 9.17) is 10.5 Å². The zero-order chi connectivity index (χ0) is 21.1. The normalized spacial score (nSPS) is 10.9. The van der Waals surface area contributed by atoms with Crippen molar-refractivity contribution in [3.8, 4) is 16.3 Å². The predicted octanol–water partition coefficient (Wildman–Crippen LogP) is 2.82. The standard InChI is InChI=1S/C20H21N7O2S/c1-22-19-23-10-8-12(24-19)15-6-7-16(30-15)18(28)26-20-25-17-13(27(20)11-9-21)4-3-5-14(17)29-2/h3-8,10H,9,11,21H2,1-2H3,(H,22,23,24)(H,25,26,28). The van der Waals surface area contributed by atoms with Crippen LogP contribution in [-0.4, -0.2) is 46.1 Å². The molecule has 9 nitrogen and oxygen atoms in total. The summed E-state index contributed by atoms with van der Waals surface area (Å²) in [5.74, 6) is 1.35. The first-order chi connectivity index (χ1) is 14.6. The molecular formula is C20H21N7O2S. The van der Waals surface area contributed by atoms with Gasteiger partial charge < -0.3 is 20.4 Å². The highest BCUT2D eigenvalue weighted by molar-refractivity contribution is 7.17. The van der Waals surface area contributed by atoms with Gasteiger partial charge in [-0.25, -0.2) is 15.0 Å². The van der Waals surface area contributed by atoms with E-state index in [1.165, 1.54) is 11.3 Å². The summed E-state index contributed by atoms with van der Waals surface area (Å²) in [4.78, 5) is 27.4. The van der Waals surface area contributed by atoms with E-state index in [1.807, 2.05) is 28.8 Å². The number of nitrogens with one attached hydrogen (secondary N) is 2. The van der Waals surface area contributed by atoms with Gasteiger partial charge in [-0.05, 0) is 30.3 Å². The molecule has 1 aromatic carbocycles. The molecule has 4 rings (SSSR count). The Bertz CT molecular complexity index is 1200. The average Bonchev–Trinajstić information content (AvgIpc) is 3.40. The van der Waals surface area contributed by atoms with Gasteiger partial charge in [0.1, 0.15) is 11.3 Å². The summed E-state index contributed by atoms with van der Waals surface area (Å²) in [6.07, 6.45) is 1.68. The Morgan fingerprint density at radius 1 is 1.23 bits per heavy atom. The van der Waals surface area contributed by atoms with Crippen molar-refractivity contribution in [3.63, 3.8) is 0 Å². The second kappa shape index (κ2) is 8.47. The Labute approximate surface area is 176 Å². The van der Waals surface area contributed by atoms with Crippen LogP contribution in [0.1, 0.15) is 9.67 Å². The molecule has 30 heavy (non-hydrogen) atoms. The van der Waals surface area contributed by atoms with Gasteiger partial charge in [-0.2, -0.15) is 0 Å². The van der Waals surface area contributed by atoms with Gasteiger partial charge >= 0.3 is 0 Å². The molecule has 0 bridgehead atoms. The van der Waals surface area contributed by atoms with Crippen molar-refractivity contribution in [1.82, 2.24) is 19.5 Å². The Balaban J connectivity index is 1.63. The van der Waals surface area contributed by atoms with Crippen molar-refractivity contribution in [1.29, 1.82) is 0 Å². The maximum Gasteiger partial charge on any atom is 0.268 e. The molecular weight excluding hydrogens is 402 g/mol. The Morgan fingerprint density at radius 2 is 2.10 bits per heavy atom. The number of para-hydroxylation sites is 1. The number of rotatable bonds is 7. The zero-order valence-corrected chi connectivity index (χ0v) is 17.4. The highest BCUT2D eigenvalue weighted by atomic mass is 32.1. The molecule has 0 aliphatic carbocycles. The molecule has 1 amide bonds. The fourth-order valence-electron chi connectivity index (χ4n) is 3.11. The van der Waals surface area contributed by atoms with Gasteiger partial charge in [0.15, 0.2) is 0 Å². The molecule has 0 saturated heterocycles. The summed E-state index contributed by atoms with van der Waals surface area (Å²) >= 11 is 1.35. The summed E-state index contributed by atoms with van der Waals surface area (Å²) in [5.41, 5.74) is 8.05. The minimum absolute atomic E-state index is 0.248. The molecule has 154 valence electrons. The van der Waals surface area contributed by atoms with Crippen molar-refractivity contribution in [2.75, 3.05) is 31.3 Å². The van der Waals surface area contributed by atoms with Gasteiger partial charge in [-0.3, -0.25) is 10.1 Å². The van der Waals surface area contributed by atoms with Crippen molar-refractivity contribution < 1.29 is 9.53 Å². The minimum atomic E-state index is -0.248. The molecule has 0 radical (unpaired) electrons. The monoisotopic (exact) mass is 423 g/mol. The molecule has 0 aliphatic heterocycles. The summed E-state index contributed by atoms with van der Waals surface area (Å²) in [6.45, 7) is 0.929. The first-order valence-corrected chi connectivity index (χ1v) is 10.1. The van der Waals surface area contributed by atoms with Crippen molar-refractivity contribution >= 4 is 40.2 Å². The summed E-state index contributed by atoms with van der Waals surface area (Å²) < 4.78 is 7.28. The second-order valence-electron chi connectivity index (χ2n) is 6.34. The number of benzene rings is 1. The Kier molecular flexibility index (Phi) is 5.59. The predicted molar refractivity (Wildman–Crippen MR) is 118 cm³/mol. The van der Waals surface area contributed by atoms with E-state index in [1.54, 1.807) is 32.5 Å². The maximum absolute atomic E-state index is 12.9. The number of ether oxygens (including phenoxy) is 1. The SMILES string of the molecule is CNc1nccc(-c2ccc(C(=O)Nc3nc4c(OC)cccc4n3CCN)s2)n1. The third-order valence-corrected chi connectivity index (χ3v) is 5.61. The Morgan fingerprint density at radius 3 is 2.87 bits per heavy atom. The van der Waals surface area contributed by atoms with Crippen LogP contribution >= 0.6 is 11.3 Å². The highest BCUT2D eigenvalue weighted by Crippen LogP contribution is 2.30. The van der Waals surface area contributed by atoms with Crippen LogP contribution < -0.4 is 21.1 Å². The van der Waals surface area contributed by atoms with E-state index in [-0.39, 0.29) is 5.91 Å². The van der Waals surface area contributed by atoms with Crippen LogP contribution in [0.25, 0.3) is 21.6 Å². The van der Waals surface area contributed by atoms with Gasteiger partial charge in [0.2, 0.25) is 11.9 Å². The number of nitrogens with zero attached hydrogens (tertiary/aromatic N) is 4. The van der Waals surface area contributed by atoms with Crippen LogP contribution in [0, 0.1) is 0 Å². The van der Waals surface area contributed by atoms with E-state index in [0.29, 0.717) is 41.1 Å². The Hall–Kier alpha value is -3.50. The number of anilines is 2. The van der Waals surface area contributed by atoms with Gasteiger partial charge in [0.25, 0.3) is 5.91 Å². The topological polar surface area (TPSA) is 120 Å². The number of carbonyl (C=O) groups excluding carboxylic acids is 1. The lowest BCUT2D eigenvalue weighted by Gasteiger charge is -2.08. The van der Waals surface area contributed by atoms with Crippen LogP contribution in [0.5, 0.6) is 5.75 Å². The molecule has 4 aromatic rings. The lowest BCUT2D eigenvalue weighted by Crippen LogP contribution is -2.17. The van der Waals surface area contributed by atoms with E-state index >= 15 is 0 Å². The molecule has 3 heterocycles. The molecule has 4 N–H and O–H groups in total. The summed E-state index contributed by atoms with van der Waals surface area (Å²) in [5, 5.41) is 5.82. The number of carbonyl (C=O) groups is 1. The average molecular weight is 424 g/mol. The van der Waals surface area contributed by atoms with Crippen molar-refractivity contribution in [2.24, 2.45) is 5.73 Å². The molecule has 0 saturated carbocycles. The first kappa shape index (κ1) is 19.8. The molecule has 0 unspecified atom stereocenters. The fourth-order valence-corrected chi connectivity index (χ4v) is 3.99. The van der Waals surface area contributed by atoms with Gasteiger partial charge in [0, 0.05) is 26.3 Å². The number of methoxy groups -OCH3 is 1. The van der Waals surface area contributed by atoms with Crippen molar-refractivity contribution in [3.05, 3.63) is 47.5 Å². The quantitative estimate of drug-likeness (QED) is 0.418. The number of hydrogen-bond donors (Lipinski definition) is 3. The molecule has 0 spiro atoms. The van der Waals surface area contributed by atoms with E-state index in [9.17, 15) is 4.79 Å². The van der Waals surface area contributed by atoms with Crippen LogP contribution in [-0.2, 0) is 6.54 Å². The van der Waals surface area contributed by atoms with Crippen LogP contribution in [0.2, 0.25) is 0 Å². The van der Waals surface area contributed by atoms with Gasteiger partial charge in [0.05, 0.1) is 28.1 Å². The first-order valence-electron chi connectivity index (χ1n) is 9.30. The number of hydrogen-bond acceptors (Lipinski definition) is 8. The van der Waals surface area contributed by atoms with Crippen LogP contribution in [0.4, 0.5) is 11.9 Å². The van der Waals surface area contributed by atoms with Gasteiger partial charge in [-0.1, -0.05) is 6.07 Å². The lowest BCUT2D eigenvalue weighted by molar-refractivity contribution is 0.102. The number of fused-ring (bicyclic) bond motifs is 1. The third-order valence-electron chi connectivity index (χ3n) is 4.50. The number of imidazole rings is 1. The van der Waals surface area contributed by atoms with Crippen LogP contribution in [0.15, 0.2) is 42.6 Å². The molecule has 3 aromatic heterocycles. The number of amides is 1. The minimum Gasteiger partial charge on any atom is -0.494 e. The van der Waals surface area contributed by atoms with E-state index in [2.05, 4.69) is 25.6 Å². The second-order valence-corrected chi connectivity index (χ2v) is 7.42. The number of nitrogens with two attached hydrogens (primary N) is 1. The fraction of sp³-hybridized carbons (Fsp3) is 0.200.